The summed E-state index contributed by atoms with van der Waals surface area (Å²) >= 11 is 1.71. The van der Waals surface area contributed by atoms with Crippen LogP contribution in [0.2, 0.25) is 0 Å². The van der Waals surface area contributed by atoms with E-state index in [1.54, 1.807) is 16.2 Å². The van der Waals surface area contributed by atoms with E-state index in [4.69, 9.17) is 0 Å². The highest BCUT2D eigenvalue weighted by molar-refractivity contribution is 7.10. The molecule has 108 valence electrons. The van der Waals surface area contributed by atoms with E-state index >= 15 is 0 Å². The number of carbonyl (C=O) groups excluding carboxylic acids is 1. The molecule has 0 aromatic carbocycles. The molecule has 1 amide bonds. The number of hydrogen-bond donors (Lipinski definition) is 1. The molecule has 1 saturated carbocycles. The molecule has 3 rings (SSSR count). The van der Waals surface area contributed by atoms with Gasteiger partial charge in [0.15, 0.2) is 0 Å². The number of likely N-dealkylation sites (tertiary alicyclic amines) is 1. The van der Waals surface area contributed by atoms with Crippen molar-refractivity contribution in [2.24, 2.45) is 5.92 Å². The molecule has 1 N–H and O–H groups in total. The van der Waals surface area contributed by atoms with Crippen molar-refractivity contribution in [1.82, 2.24) is 4.90 Å². The maximum absolute atomic E-state index is 12.6. The largest absolute Gasteiger partial charge is 0.480 e. The third-order valence-electron chi connectivity index (χ3n) is 4.42. The number of carboxylic acids is 1. The fourth-order valence-corrected chi connectivity index (χ4v) is 4.30. The van der Waals surface area contributed by atoms with Crippen molar-refractivity contribution in [2.75, 3.05) is 6.54 Å². The van der Waals surface area contributed by atoms with Gasteiger partial charge in [-0.1, -0.05) is 0 Å². The normalized spacial score (nSPS) is 29.2. The van der Waals surface area contributed by atoms with E-state index in [1.807, 2.05) is 0 Å². The lowest BCUT2D eigenvalue weighted by atomic mass is 10.0. The summed E-state index contributed by atoms with van der Waals surface area (Å²) in [5, 5.41) is 11.3. The molecule has 1 aliphatic carbocycles. The number of rotatable bonds is 3. The minimum Gasteiger partial charge on any atom is -0.480 e. The van der Waals surface area contributed by atoms with E-state index < -0.39 is 12.0 Å². The van der Waals surface area contributed by atoms with E-state index in [0.29, 0.717) is 18.9 Å². The van der Waals surface area contributed by atoms with Crippen LogP contribution in [0.3, 0.4) is 0 Å². The maximum Gasteiger partial charge on any atom is 0.326 e. The van der Waals surface area contributed by atoms with Crippen LogP contribution in [0.25, 0.3) is 0 Å². The lowest BCUT2D eigenvalue weighted by Crippen LogP contribution is -2.48. The van der Waals surface area contributed by atoms with Gasteiger partial charge in [-0.2, -0.15) is 0 Å². The van der Waals surface area contributed by atoms with Crippen molar-refractivity contribution in [3.05, 3.63) is 21.9 Å². The Bertz CT molecular complexity index is 539. The zero-order valence-electron chi connectivity index (χ0n) is 11.5. The van der Waals surface area contributed by atoms with Gasteiger partial charge < -0.3 is 10.0 Å². The fourth-order valence-electron chi connectivity index (χ4n) is 3.19. The number of aryl methyl sites for hydroxylation is 1. The SMILES string of the molecule is Cc1ccsc1C1CC1C(=O)N1CCCC[C@@H]1C(=O)O. The molecule has 1 aromatic heterocycles. The van der Waals surface area contributed by atoms with Gasteiger partial charge in [0.2, 0.25) is 5.91 Å². The summed E-state index contributed by atoms with van der Waals surface area (Å²) in [6, 6.07) is 1.47. The molecule has 1 aromatic rings. The van der Waals surface area contributed by atoms with Gasteiger partial charge in [0.05, 0.1) is 0 Å². The highest BCUT2D eigenvalue weighted by Gasteiger charge is 2.49. The van der Waals surface area contributed by atoms with Gasteiger partial charge in [-0.3, -0.25) is 4.79 Å². The molecule has 0 bridgehead atoms. The van der Waals surface area contributed by atoms with Crippen LogP contribution in [0.15, 0.2) is 11.4 Å². The first-order valence-electron chi connectivity index (χ1n) is 7.17. The molecular weight excluding hydrogens is 274 g/mol. The Labute approximate surface area is 122 Å². The van der Waals surface area contributed by atoms with Crippen molar-refractivity contribution in [3.63, 3.8) is 0 Å². The minimum atomic E-state index is -0.859. The van der Waals surface area contributed by atoms with Crippen LogP contribution in [-0.4, -0.2) is 34.5 Å². The maximum atomic E-state index is 12.6. The summed E-state index contributed by atoms with van der Waals surface area (Å²) in [7, 11) is 0. The van der Waals surface area contributed by atoms with Crippen LogP contribution in [0, 0.1) is 12.8 Å². The summed E-state index contributed by atoms with van der Waals surface area (Å²) in [5.41, 5.74) is 1.25. The standard InChI is InChI=1S/C15H19NO3S/c1-9-5-7-20-13(9)10-8-11(10)14(17)16-6-3-2-4-12(16)15(18)19/h5,7,10-12H,2-4,6,8H2,1H3,(H,18,19)/t10?,11?,12-/m1/s1. The molecule has 20 heavy (non-hydrogen) atoms. The lowest BCUT2D eigenvalue weighted by Gasteiger charge is -2.33. The predicted octanol–water partition coefficient (Wildman–Crippen LogP) is 2.63. The number of carboxylic acid groups (broad SMARTS) is 1. The van der Waals surface area contributed by atoms with Gasteiger partial charge in [0, 0.05) is 23.3 Å². The Morgan fingerprint density at radius 2 is 2.20 bits per heavy atom. The summed E-state index contributed by atoms with van der Waals surface area (Å²) < 4.78 is 0. The topological polar surface area (TPSA) is 57.6 Å². The Morgan fingerprint density at radius 3 is 2.85 bits per heavy atom. The molecule has 0 radical (unpaired) electrons. The third kappa shape index (κ3) is 2.35. The zero-order valence-corrected chi connectivity index (χ0v) is 12.4. The molecular formula is C15H19NO3S. The third-order valence-corrected chi connectivity index (χ3v) is 5.57. The molecule has 4 nitrogen and oxygen atoms in total. The molecule has 2 aliphatic rings. The molecule has 5 heteroatoms. The zero-order chi connectivity index (χ0) is 14.3. The van der Waals surface area contributed by atoms with E-state index in [-0.39, 0.29) is 11.8 Å². The Hall–Kier alpha value is -1.36. The van der Waals surface area contributed by atoms with Gasteiger partial charge >= 0.3 is 5.97 Å². The van der Waals surface area contributed by atoms with Gasteiger partial charge in [-0.15, -0.1) is 11.3 Å². The van der Waals surface area contributed by atoms with Gasteiger partial charge in [0.1, 0.15) is 6.04 Å². The first-order chi connectivity index (χ1) is 9.59. The van der Waals surface area contributed by atoms with Gasteiger partial charge in [0.25, 0.3) is 0 Å². The van der Waals surface area contributed by atoms with Crippen molar-refractivity contribution < 1.29 is 14.7 Å². The quantitative estimate of drug-likeness (QED) is 0.932. The molecule has 2 heterocycles. The van der Waals surface area contributed by atoms with Gasteiger partial charge in [-0.05, 0) is 49.6 Å². The van der Waals surface area contributed by atoms with Crippen molar-refractivity contribution in [3.8, 4) is 0 Å². The Balaban J connectivity index is 1.71. The first-order valence-corrected chi connectivity index (χ1v) is 8.05. The number of thiophene rings is 1. The number of carbonyl (C=O) groups is 2. The van der Waals surface area contributed by atoms with E-state index in [2.05, 4.69) is 18.4 Å². The number of piperidine rings is 1. The number of hydrogen-bond acceptors (Lipinski definition) is 3. The molecule has 0 spiro atoms. The fraction of sp³-hybridized carbons (Fsp3) is 0.600. The average molecular weight is 293 g/mol. The summed E-state index contributed by atoms with van der Waals surface area (Å²) in [6.45, 7) is 2.68. The van der Waals surface area contributed by atoms with E-state index in [0.717, 1.165) is 19.3 Å². The van der Waals surface area contributed by atoms with Crippen molar-refractivity contribution >= 4 is 23.2 Å². The smallest absolute Gasteiger partial charge is 0.326 e. The highest BCUT2D eigenvalue weighted by atomic mass is 32.1. The Morgan fingerprint density at radius 1 is 1.40 bits per heavy atom. The minimum absolute atomic E-state index is 0.00676. The molecule has 2 unspecified atom stereocenters. The highest BCUT2D eigenvalue weighted by Crippen LogP contribution is 2.51. The van der Waals surface area contributed by atoms with Crippen LogP contribution < -0.4 is 0 Å². The molecule has 1 saturated heterocycles. The first kappa shape index (κ1) is 13.6. The number of amides is 1. The Kier molecular flexibility index (Phi) is 3.54. The second-order valence-corrected chi connectivity index (χ2v) is 6.75. The van der Waals surface area contributed by atoms with Crippen LogP contribution in [-0.2, 0) is 9.59 Å². The van der Waals surface area contributed by atoms with Crippen molar-refractivity contribution in [2.45, 2.75) is 44.6 Å². The van der Waals surface area contributed by atoms with Crippen LogP contribution >= 0.6 is 11.3 Å². The number of nitrogens with zero attached hydrogens (tertiary/aromatic N) is 1. The second kappa shape index (κ2) is 5.20. The monoisotopic (exact) mass is 293 g/mol. The van der Waals surface area contributed by atoms with E-state index in [9.17, 15) is 14.7 Å². The van der Waals surface area contributed by atoms with Crippen LogP contribution in [0.5, 0.6) is 0 Å². The summed E-state index contributed by atoms with van der Waals surface area (Å²) in [5.74, 6) is -0.483. The summed E-state index contributed by atoms with van der Waals surface area (Å²) in [6.07, 6.45) is 3.29. The molecule has 2 fully saturated rings. The second-order valence-electron chi connectivity index (χ2n) is 5.80. The van der Waals surface area contributed by atoms with Gasteiger partial charge in [-0.25, -0.2) is 4.79 Å². The average Bonchev–Trinajstić information content (AvgIpc) is 3.12. The van der Waals surface area contributed by atoms with Crippen molar-refractivity contribution in [1.29, 1.82) is 0 Å². The number of aliphatic carboxylic acids is 1. The lowest BCUT2D eigenvalue weighted by molar-refractivity contribution is -0.152. The van der Waals surface area contributed by atoms with E-state index in [1.165, 1.54) is 10.4 Å². The summed E-state index contributed by atoms with van der Waals surface area (Å²) in [4.78, 5) is 26.8. The van der Waals surface area contributed by atoms with Crippen LogP contribution in [0.4, 0.5) is 0 Å². The predicted molar refractivity (Wildman–Crippen MR) is 76.9 cm³/mol. The van der Waals surface area contributed by atoms with Crippen LogP contribution in [0.1, 0.15) is 42.0 Å². The molecule has 1 aliphatic heterocycles. The molecule has 3 atom stereocenters.